The first-order valence-corrected chi connectivity index (χ1v) is 4.41. The summed E-state index contributed by atoms with van der Waals surface area (Å²) in [7, 11) is 0. The Morgan fingerprint density at radius 2 is 2.00 bits per heavy atom. The van der Waals surface area contributed by atoms with Gasteiger partial charge in [0.15, 0.2) is 0 Å². The van der Waals surface area contributed by atoms with Crippen molar-refractivity contribution in [1.29, 1.82) is 0 Å². The molecule has 0 bridgehead atoms. The summed E-state index contributed by atoms with van der Waals surface area (Å²) >= 11 is 0. The fourth-order valence-electron chi connectivity index (χ4n) is 1.57. The number of aliphatic hydroxyl groups is 1. The fraction of sp³-hybridized carbons (Fsp3) is 0.778. The Bertz CT molecular complexity index is 155. The lowest BCUT2D eigenvalue weighted by atomic mass is 10.2. The molecule has 0 aromatic heterocycles. The predicted molar refractivity (Wildman–Crippen MR) is 44.3 cm³/mol. The van der Waals surface area contributed by atoms with E-state index in [2.05, 4.69) is 17.1 Å². The van der Waals surface area contributed by atoms with Crippen molar-refractivity contribution in [3.05, 3.63) is 12.2 Å². The number of hydrogen-bond donors (Lipinski definition) is 1. The molecule has 0 aromatic carbocycles. The number of aliphatic hydroxyl groups excluding tert-OH is 1. The number of nitrogens with zero attached hydrogens (tertiary/aromatic N) is 1. The van der Waals surface area contributed by atoms with Crippen LogP contribution < -0.4 is 0 Å². The normalized spacial score (nSPS) is 27.7. The molecule has 0 amide bonds. The van der Waals surface area contributed by atoms with Gasteiger partial charge in [-0.1, -0.05) is 12.2 Å². The average molecular weight is 153 g/mol. The Morgan fingerprint density at radius 1 is 1.36 bits per heavy atom. The second-order valence-corrected chi connectivity index (χ2v) is 3.59. The minimum atomic E-state index is -0.0603. The maximum Gasteiger partial charge on any atom is 0.0695 e. The highest BCUT2D eigenvalue weighted by molar-refractivity contribution is 4.96. The van der Waals surface area contributed by atoms with Gasteiger partial charge in [0.05, 0.1) is 6.10 Å². The van der Waals surface area contributed by atoms with E-state index in [1.165, 1.54) is 12.8 Å². The van der Waals surface area contributed by atoms with Gasteiger partial charge in [0, 0.05) is 19.6 Å². The van der Waals surface area contributed by atoms with Gasteiger partial charge in [0.2, 0.25) is 0 Å². The molecular formula is C9H15NO. The molecule has 1 aliphatic heterocycles. The second kappa shape index (κ2) is 2.95. The topological polar surface area (TPSA) is 23.5 Å². The maximum atomic E-state index is 9.58. The largest absolute Gasteiger partial charge is 0.392 e. The fourth-order valence-corrected chi connectivity index (χ4v) is 1.57. The molecule has 0 saturated heterocycles. The van der Waals surface area contributed by atoms with E-state index in [9.17, 15) is 5.11 Å². The van der Waals surface area contributed by atoms with E-state index in [-0.39, 0.29) is 6.10 Å². The molecule has 1 unspecified atom stereocenters. The summed E-state index contributed by atoms with van der Waals surface area (Å²) in [6.07, 6.45) is 6.75. The molecule has 0 radical (unpaired) electrons. The van der Waals surface area contributed by atoms with Crippen molar-refractivity contribution in [2.24, 2.45) is 5.92 Å². The zero-order valence-electron chi connectivity index (χ0n) is 6.74. The van der Waals surface area contributed by atoms with E-state index in [1.807, 2.05) is 0 Å². The second-order valence-electron chi connectivity index (χ2n) is 3.59. The molecule has 1 atom stereocenters. The number of β-amino-alcohol motifs (C(OH)–C–C–N with tert-alkyl or cyclic N) is 1. The zero-order valence-corrected chi connectivity index (χ0v) is 6.74. The molecule has 62 valence electrons. The highest BCUT2D eigenvalue weighted by Gasteiger charge is 2.30. The summed E-state index contributed by atoms with van der Waals surface area (Å²) in [5.74, 6) is 0.621. The van der Waals surface area contributed by atoms with Crippen LogP contribution >= 0.6 is 0 Å². The Kier molecular flexibility index (Phi) is 1.96. The summed E-state index contributed by atoms with van der Waals surface area (Å²) in [6.45, 7) is 2.94. The lowest BCUT2D eigenvalue weighted by Crippen LogP contribution is -2.31. The van der Waals surface area contributed by atoms with E-state index in [0.717, 1.165) is 19.6 Å². The Morgan fingerprint density at radius 3 is 2.55 bits per heavy atom. The third kappa shape index (κ3) is 1.82. The lowest BCUT2D eigenvalue weighted by molar-refractivity contribution is 0.108. The van der Waals surface area contributed by atoms with E-state index in [4.69, 9.17) is 0 Å². The van der Waals surface area contributed by atoms with Crippen molar-refractivity contribution >= 4 is 0 Å². The van der Waals surface area contributed by atoms with Crippen molar-refractivity contribution in [3.63, 3.8) is 0 Å². The molecule has 2 aliphatic rings. The molecule has 1 N–H and O–H groups in total. The minimum Gasteiger partial charge on any atom is -0.392 e. The van der Waals surface area contributed by atoms with Crippen LogP contribution in [0.5, 0.6) is 0 Å². The van der Waals surface area contributed by atoms with Crippen LogP contribution in [0.4, 0.5) is 0 Å². The van der Waals surface area contributed by atoms with Gasteiger partial charge in [-0.3, -0.25) is 4.90 Å². The standard InChI is InChI=1S/C9H15NO/c11-9(8-3-4-8)7-10-5-1-2-6-10/h1-2,8-9,11H,3-7H2. The smallest absolute Gasteiger partial charge is 0.0695 e. The first kappa shape index (κ1) is 7.32. The van der Waals surface area contributed by atoms with Crippen LogP contribution in [0, 0.1) is 5.92 Å². The van der Waals surface area contributed by atoms with Crippen molar-refractivity contribution in [2.75, 3.05) is 19.6 Å². The van der Waals surface area contributed by atoms with Gasteiger partial charge < -0.3 is 5.11 Å². The quantitative estimate of drug-likeness (QED) is 0.601. The Labute approximate surface area is 67.5 Å². The molecule has 0 aromatic rings. The molecule has 1 fully saturated rings. The van der Waals surface area contributed by atoms with Crippen LogP contribution in [-0.4, -0.2) is 35.7 Å². The van der Waals surface area contributed by atoms with E-state index >= 15 is 0 Å². The van der Waals surface area contributed by atoms with Gasteiger partial charge in [-0.15, -0.1) is 0 Å². The van der Waals surface area contributed by atoms with E-state index in [1.54, 1.807) is 0 Å². The Hall–Kier alpha value is -0.340. The van der Waals surface area contributed by atoms with Crippen LogP contribution in [0.2, 0.25) is 0 Å². The molecule has 1 heterocycles. The maximum absolute atomic E-state index is 9.58. The van der Waals surface area contributed by atoms with Gasteiger partial charge in [0.25, 0.3) is 0 Å². The highest BCUT2D eigenvalue weighted by atomic mass is 16.3. The van der Waals surface area contributed by atoms with Gasteiger partial charge >= 0.3 is 0 Å². The molecule has 1 saturated carbocycles. The van der Waals surface area contributed by atoms with Crippen LogP contribution in [0.15, 0.2) is 12.2 Å². The van der Waals surface area contributed by atoms with Crippen molar-refractivity contribution < 1.29 is 5.11 Å². The summed E-state index contributed by atoms with van der Waals surface area (Å²) in [5.41, 5.74) is 0. The first-order chi connectivity index (χ1) is 5.36. The van der Waals surface area contributed by atoms with Gasteiger partial charge in [0.1, 0.15) is 0 Å². The summed E-state index contributed by atoms with van der Waals surface area (Å²) in [6, 6.07) is 0. The van der Waals surface area contributed by atoms with E-state index < -0.39 is 0 Å². The van der Waals surface area contributed by atoms with Crippen LogP contribution in [0.25, 0.3) is 0 Å². The minimum absolute atomic E-state index is 0.0603. The highest BCUT2D eigenvalue weighted by Crippen LogP contribution is 2.32. The van der Waals surface area contributed by atoms with Crippen molar-refractivity contribution in [1.82, 2.24) is 4.90 Å². The molecule has 2 nitrogen and oxygen atoms in total. The molecule has 2 heteroatoms. The predicted octanol–water partition coefficient (Wildman–Crippen LogP) is 0.629. The lowest BCUT2D eigenvalue weighted by Gasteiger charge is -2.18. The molecule has 0 spiro atoms. The van der Waals surface area contributed by atoms with Gasteiger partial charge in [-0.2, -0.15) is 0 Å². The first-order valence-electron chi connectivity index (χ1n) is 4.41. The van der Waals surface area contributed by atoms with E-state index in [0.29, 0.717) is 5.92 Å². The van der Waals surface area contributed by atoms with Crippen LogP contribution in [0.1, 0.15) is 12.8 Å². The zero-order chi connectivity index (χ0) is 7.68. The third-order valence-corrected chi connectivity index (χ3v) is 2.51. The van der Waals surface area contributed by atoms with Crippen LogP contribution in [-0.2, 0) is 0 Å². The SMILES string of the molecule is OC(CN1CC=CC1)C1CC1. The van der Waals surface area contributed by atoms with Crippen molar-refractivity contribution in [2.45, 2.75) is 18.9 Å². The average Bonchev–Trinajstić information content (AvgIpc) is 2.73. The summed E-state index contributed by atoms with van der Waals surface area (Å²) < 4.78 is 0. The van der Waals surface area contributed by atoms with Crippen LogP contribution in [0.3, 0.4) is 0 Å². The molecule has 11 heavy (non-hydrogen) atoms. The molecule has 2 rings (SSSR count). The molecule has 1 aliphatic carbocycles. The molecular weight excluding hydrogens is 138 g/mol. The van der Waals surface area contributed by atoms with Gasteiger partial charge in [-0.05, 0) is 18.8 Å². The summed E-state index contributed by atoms with van der Waals surface area (Å²) in [4.78, 5) is 2.28. The number of rotatable bonds is 3. The van der Waals surface area contributed by atoms with Gasteiger partial charge in [-0.25, -0.2) is 0 Å². The number of hydrogen-bond acceptors (Lipinski definition) is 2. The summed E-state index contributed by atoms with van der Waals surface area (Å²) in [5, 5.41) is 9.58. The monoisotopic (exact) mass is 153 g/mol. The van der Waals surface area contributed by atoms with Crippen molar-refractivity contribution in [3.8, 4) is 0 Å². The Balaban J connectivity index is 1.71. The third-order valence-electron chi connectivity index (χ3n) is 2.51.